The zero-order chi connectivity index (χ0) is 17.1. The maximum Gasteiger partial charge on any atom is 0.343 e. The smallest absolute Gasteiger partial charge is 0.343 e. The van der Waals surface area contributed by atoms with E-state index in [0.717, 1.165) is 5.69 Å². The van der Waals surface area contributed by atoms with Gasteiger partial charge < -0.3 is 14.0 Å². The van der Waals surface area contributed by atoms with Gasteiger partial charge in [-0.15, -0.1) is 0 Å². The summed E-state index contributed by atoms with van der Waals surface area (Å²) in [5.41, 5.74) is 1.16. The van der Waals surface area contributed by atoms with Crippen LogP contribution >= 0.6 is 0 Å². The van der Waals surface area contributed by atoms with Gasteiger partial charge in [0.05, 0.1) is 19.2 Å². The fraction of sp³-hybridized carbons (Fsp3) is 0.158. The number of hydrogen-bond donors (Lipinski definition) is 0. The number of carbonyl (C=O) groups is 1. The summed E-state index contributed by atoms with van der Waals surface area (Å²) < 4.78 is 12.1. The molecule has 0 aliphatic carbocycles. The number of aromatic nitrogens is 1. The van der Waals surface area contributed by atoms with Crippen molar-refractivity contribution in [2.45, 2.75) is 6.92 Å². The van der Waals surface area contributed by atoms with E-state index in [-0.39, 0.29) is 17.6 Å². The molecular weight excluding hydrogens is 306 g/mol. The van der Waals surface area contributed by atoms with Gasteiger partial charge in [0.25, 0.3) is 0 Å². The van der Waals surface area contributed by atoms with Crippen LogP contribution in [0.5, 0.6) is 5.75 Å². The summed E-state index contributed by atoms with van der Waals surface area (Å²) in [6.07, 6.45) is 1.53. The molecule has 0 N–H and O–H groups in total. The maximum atomic E-state index is 12.7. The summed E-state index contributed by atoms with van der Waals surface area (Å²) in [5.74, 6) is 0.0142. The summed E-state index contributed by atoms with van der Waals surface area (Å²) in [6, 6.07) is 14.6. The summed E-state index contributed by atoms with van der Waals surface area (Å²) in [4.78, 5) is 24.8. The van der Waals surface area contributed by atoms with Gasteiger partial charge in [-0.2, -0.15) is 0 Å². The number of pyridine rings is 1. The van der Waals surface area contributed by atoms with Crippen LogP contribution in [-0.4, -0.2) is 24.3 Å². The fourth-order valence-corrected chi connectivity index (χ4v) is 2.59. The van der Waals surface area contributed by atoms with E-state index in [4.69, 9.17) is 9.47 Å². The standard InChI is InChI=1S/C19H17NO4/c1-3-24-19(22)16-12-20(13-7-5-4-6-8-13)17-11-14(23-2)9-10-15(17)18(16)21/h4-12H,3H2,1-2H3. The molecule has 3 rings (SSSR count). The third kappa shape index (κ3) is 2.76. The maximum absolute atomic E-state index is 12.7. The predicted molar refractivity (Wildman–Crippen MR) is 92.1 cm³/mol. The molecule has 5 heteroatoms. The molecule has 2 aromatic carbocycles. The van der Waals surface area contributed by atoms with Crippen molar-refractivity contribution >= 4 is 16.9 Å². The van der Waals surface area contributed by atoms with Crippen LogP contribution in [0.25, 0.3) is 16.6 Å². The monoisotopic (exact) mass is 323 g/mol. The van der Waals surface area contributed by atoms with Crippen molar-refractivity contribution in [2.75, 3.05) is 13.7 Å². The van der Waals surface area contributed by atoms with Crippen molar-refractivity contribution in [1.82, 2.24) is 4.57 Å². The highest BCUT2D eigenvalue weighted by atomic mass is 16.5. The van der Waals surface area contributed by atoms with Crippen molar-refractivity contribution in [3.63, 3.8) is 0 Å². The Morgan fingerprint density at radius 2 is 1.88 bits per heavy atom. The van der Waals surface area contributed by atoms with E-state index in [1.807, 2.05) is 30.3 Å². The van der Waals surface area contributed by atoms with Crippen LogP contribution in [0.3, 0.4) is 0 Å². The quantitative estimate of drug-likeness (QED) is 0.692. The summed E-state index contributed by atoms with van der Waals surface area (Å²) in [5, 5.41) is 0.435. The Bertz CT molecular complexity index is 945. The second-order valence-electron chi connectivity index (χ2n) is 5.18. The molecule has 0 bridgehead atoms. The van der Waals surface area contributed by atoms with Crippen LogP contribution < -0.4 is 10.2 Å². The molecule has 0 fully saturated rings. The Kier molecular flexibility index (Phi) is 4.33. The molecule has 24 heavy (non-hydrogen) atoms. The molecule has 0 unspecified atom stereocenters. The highest BCUT2D eigenvalue weighted by Crippen LogP contribution is 2.22. The van der Waals surface area contributed by atoms with Crippen LogP contribution in [0.4, 0.5) is 0 Å². The van der Waals surface area contributed by atoms with E-state index in [9.17, 15) is 9.59 Å². The molecule has 3 aromatic rings. The minimum Gasteiger partial charge on any atom is -0.497 e. The normalized spacial score (nSPS) is 10.6. The molecule has 0 radical (unpaired) electrons. The third-order valence-corrected chi connectivity index (χ3v) is 3.74. The zero-order valence-electron chi connectivity index (χ0n) is 13.5. The second kappa shape index (κ2) is 6.58. The molecule has 0 spiro atoms. The minimum absolute atomic E-state index is 0.0124. The van der Waals surface area contributed by atoms with Crippen molar-refractivity contribution in [1.29, 1.82) is 0 Å². The molecule has 0 aliphatic rings. The van der Waals surface area contributed by atoms with Gasteiger partial charge in [-0.3, -0.25) is 4.79 Å². The van der Waals surface area contributed by atoms with Crippen molar-refractivity contribution in [2.24, 2.45) is 0 Å². The molecule has 122 valence electrons. The Morgan fingerprint density at radius 1 is 1.12 bits per heavy atom. The number of hydrogen-bond acceptors (Lipinski definition) is 4. The van der Waals surface area contributed by atoms with E-state index in [1.54, 1.807) is 36.8 Å². The number of rotatable bonds is 4. The molecule has 0 atom stereocenters. The number of esters is 1. The van der Waals surface area contributed by atoms with Gasteiger partial charge >= 0.3 is 5.97 Å². The predicted octanol–water partition coefficient (Wildman–Crippen LogP) is 3.18. The number of carbonyl (C=O) groups excluding carboxylic acids is 1. The first-order chi connectivity index (χ1) is 11.7. The number of ether oxygens (including phenoxy) is 2. The van der Waals surface area contributed by atoms with Crippen molar-refractivity contribution < 1.29 is 14.3 Å². The van der Waals surface area contributed by atoms with E-state index < -0.39 is 5.97 Å². The highest BCUT2D eigenvalue weighted by molar-refractivity contribution is 5.94. The van der Waals surface area contributed by atoms with Gasteiger partial charge in [-0.1, -0.05) is 18.2 Å². The van der Waals surface area contributed by atoms with Gasteiger partial charge in [0.1, 0.15) is 11.3 Å². The lowest BCUT2D eigenvalue weighted by molar-refractivity contribution is 0.0524. The third-order valence-electron chi connectivity index (χ3n) is 3.74. The Hall–Kier alpha value is -3.08. The molecule has 1 heterocycles. The van der Waals surface area contributed by atoms with Crippen molar-refractivity contribution in [3.05, 3.63) is 70.5 Å². The van der Waals surface area contributed by atoms with Crippen LogP contribution in [0, 0.1) is 0 Å². The first-order valence-corrected chi connectivity index (χ1v) is 7.61. The largest absolute Gasteiger partial charge is 0.497 e. The average molecular weight is 323 g/mol. The van der Waals surface area contributed by atoms with Crippen LogP contribution in [-0.2, 0) is 4.74 Å². The number of benzene rings is 2. The summed E-state index contributed by atoms with van der Waals surface area (Å²) in [7, 11) is 1.57. The van der Waals surface area contributed by atoms with Crippen LogP contribution in [0.15, 0.2) is 59.5 Å². The molecular formula is C19H17NO4. The van der Waals surface area contributed by atoms with Crippen LogP contribution in [0.2, 0.25) is 0 Å². The van der Waals surface area contributed by atoms with Gasteiger partial charge in [-0.25, -0.2) is 4.79 Å². The lowest BCUT2D eigenvalue weighted by Gasteiger charge is -2.14. The number of nitrogens with zero attached hydrogens (tertiary/aromatic N) is 1. The summed E-state index contributed by atoms with van der Waals surface area (Å²) in [6.45, 7) is 1.92. The fourth-order valence-electron chi connectivity index (χ4n) is 2.59. The van der Waals surface area contributed by atoms with E-state index in [0.29, 0.717) is 16.7 Å². The molecule has 0 amide bonds. The lowest BCUT2D eigenvalue weighted by Crippen LogP contribution is -2.20. The van der Waals surface area contributed by atoms with Gasteiger partial charge in [-0.05, 0) is 31.2 Å². The molecule has 0 saturated heterocycles. The number of fused-ring (bicyclic) bond motifs is 1. The Labute approximate surface area is 139 Å². The van der Waals surface area contributed by atoms with Crippen LogP contribution in [0.1, 0.15) is 17.3 Å². The SMILES string of the molecule is CCOC(=O)c1cn(-c2ccccc2)c2cc(OC)ccc2c1=O. The number of methoxy groups -OCH3 is 1. The Balaban J connectivity index is 2.36. The summed E-state index contributed by atoms with van der Waals surface area (Å²) >= 11 is 0. The average Bonchev–Trinajstić information content (AvgIpc) is 2.62. The first-order valence-electron chi connectivity index (χ1n) is 7.61. The minimum atomic E-state index is -0.620. The van der Waals surface area contributed by atoms with Crippen molar-refractivity contribution in [3.8, 4) is 11.4 Å². The van der Waals surface area contributed by atoms with Gasteiger partial charge in [0.15, 0.2) is 0 Å². The lowest BCUT2D eigenvalue weighted by atomic mass is 10.1. The van der Waals surface area contributed by atoms with E-state index in [1.165, 1.54) is 6.20 Å². The Morgan fingerprint density at radius 3 is 2.54 bits per heavy atom. The molecule has 0 aliphatic heterocycles. The topological polar surface area (TPSA) is 57.5 Å². The molecule has 0 saturated carbocycles. The number of para-hydroxylation sites is 1. The zero-order valence-corrected chi connectivity index (χ0v) is 13.5. The van der Waals surface area contributed by atoms with Gasteiger partial charge in [0.2, 0.25) is 5.43 Å². The van der Waals surface area contributed by atoms with Gasteiger partial charge in [0, 0.05) is 23.3 Å². The van der Waals surface area contributed by atoms with E-state index in [2.05, 4.69) is 0 Å². The molecule has 1 aromatic heterocycles. The highest BCUT2D eigenvalue weighted by Gasteiger charge is 2.17. The second-order valence-corrected chi connectivity index (χ2v) is 5.18. The first kappa shape index (κ1) is 15.8. The molecule has 5 nitrogen and oxygen atoms in total. The van der Waals surface area contributed by atoms with E-state index >= 15 is 0 Å².